The number of benzene rings is 2. The second-order valence-corrected chi connectivity index (χ2v) is 6.76. The summed E-state index contributed by atoms with van der Waals surface area (Å²) in [6.45, 7) is 0.785. The summed E-state index contributed by atoms with van der Waals surface area (Å²) in [5, 5.41) is 3.54. The van der Waals surface area contributed by atoms with Gasteiger partial charge in [-0.15, -0.1) is 0 Å². The van der Waals surface area contributed by atoms with Crippen molar-refractivity contribution < 1.29 is 9.53 Å². The second-order valence-electron chi connectivity index (χ2n) is 6.32. The van der Waals surface area contributed by atoms with Crippen LogP contribution in [-0.2, 0) is 13.2 Å². The topological polar surface area (TPSA) is 55.6 Å². The molecule has 4 rings (SSSR count). The van der Waals surface area contributed by atoms with Crippen LogP contribution in [0.15, 0.2) is 79.1 Å². The normalized spacial score (nSPS) is 10.8. The Morgan fingerprint density at radius 2 is 1.93 bits per heavy atom. The molecule has 0 aliphatic carbocycles. The minimum atomic E-state index is -0.146. The number of nitrogens with one attached hydrogen (secondary N) is 1. The Kier molecular flexibility index (Phi) is 5.26. The van der Waals surface area contributed by atoms with E-state index in [0.717, 1.165) is 16.9 Å². The number of carbonyl (C=O) groups is 1. The van der Waals surface area contributed by atoms with E-state index in [9.17, 15) is 4.79 Å². The summed E-state index contributed by atoms with van der Waals surface area (Å²) < 4.78 is 7.73. The number of imidazole rings is 1. The van der Waals surface area contributed by atoms with Crippen molar-refractivity contribution in [2.24, 2.45) is 0 Å². The monoisotopic (exact) mass is 391 g/mol. The Morgan fingerprint density at radius 3 is 2.71 bits per heavy atom. The Morgan fingerprint density at radius 1 is 1.07 bits per heavy atom. The lowest BCUT2D eigenvalue weighted by atomic mass is 10.2. The minimum Gasteiger partial charge on any atom is -0.487 e. The van der Waals surface area contributed by atoms with Crippen LogP contribution in [0.25, 0.3) is 5.65 Å². The molecule has 2 aromatic heterocycles. The number of hydrogen-bond donors (Lipinski definition) is 1. The van der Waals surface area contributed by atoms with Gasteiger partial charge in [-0.05, 0) is 54.1 Å². The van der Waals surface area contributed by atoms with Crippen LogP contribution in [0.1, 0.15) is 21.6 Å². The zero-order valence-electron chi connectivity index (χ0n) is 15.0. The number of hydrogen-bond acceptors (Lipinski definition) is 3. The molecule has 6 heteroatoms. The lowest BCUT2D eigenvalue weighted by Gasteiger charge is -2.07. The van der Waals surface area contributed by atoms with Gasteiger partial charge >= 0.3 is 0 Å². The van der Waals surface area contributed by atoms with Gasteiger partial charge in [0.25, 0.3) is 5.91 Å². The van der Waals surface area contributed by atoms with Gasteiger partial charge in [-0.25, -0.2) is 4.98 Å². The van der Waals surface area contributed by atoms with E-state index in [2.05, 4.69) is 10.3 Å². The van der Waals surface area contributed by atoms with Crippen LogP contribution in [0, 0.1) is 0 Å². The third kappa shape index (κ3) is 4.32. The van der Waals surface area contributed by atoms with Gasteiger partial charge in [-0.3, -0.25) is 4.79 Å². The van der Waals surface area contributed by atoms with E-state index < -0.39 is 0 Å². The van der Waals surface area contributed by atoms with Gasteiger partial charge < -0.3 is 14.5 Å². The van der Waals surface area contributed by atoms with Crippen LogP contribution in [0.2, 0.25) is 5.02 Å². The van der Waals surface area contributed by atoms with Gasteiger partial charge in [0, 0.05) is 29.5 Å². The molecule has 1 amide bonds. The molecule has 2 aromatic carbocycles. The largest absolute Gasteiger partial charge is 0.487 e. The van der Waals surface area contributed by atoms with Gasteiger partial charge in [0.1, 0.15) is 18.0 Å². The molecule has 140 valence electrons. The minimum absolute atomic E-state index is 0.146. The molecule has 0 aliphatic rings. The maximum absolute atomic E-state index is 12.3. The zero-order valence-corrected chi connectivity index (χ0v) is 15.8. The van der Waals surface area contributed by atoms with Crippen LogP contribution >= 0.6 is 11.6 Å². The predicted molar refractivity (Wildman–Crippen MR) is 109 cm³/mol. The summed E-state index contributed by atoms with van der Waals surface area (Å²) in [6, 6.07) is 20.3. The molecule has 0 atom stereocenters. The molecule has 2 heterocycles. The number of nitrogens with zero attached hydrogens (tertiary/aromatic N) is 2. The van der Waals surface area contributed by atoms with E-state index in [1.807, 2.05) is 53.2 Å². The van der Waals surface area contributed by atoms with Gasteiger partial charge in [0.2, 0.25) is 0 Å². The van der Waals surface area contributed by atoms with Crippen molar-refractivity contribution in [3.8, 4) is 5.75 Å². The predicted octanol–water partition coefficient (Wildman–Crippen LogP) is 4.50. The van der Waals surface area contributed by atoms with Crippen molar-refractivity contribution in [1.82, 2.24) is 14.7 Å². The van der Waals surface area contributed by atoms with Crippen molar-refractivity contribution in [2.45, 2.75) is 13.2 Å². The lowest BCUT2D eigenvalue weighted by Crippen LogP contribution is -2.22. The van der Waals surface area contributed by atoms with E-state index in [1.54, 1.807) is 30.3 Å². The van der Waals surface area contributed by atoms with E-state index in [0.29, 0.717) is 29.5 Å². The van der Waals surface area contributed by atoms with Crippen molar-refractivity contribution in [1.29, 1.82) is 0 Å². The fourth-order valence-corrected chi connectivity index (χ4v) is 3.06. The Balaban J connectivity index is 1.33. The number of aromatic nitrogens is 2. The smallest absolute Gasteiger partial charge is 0.251 e. The maximum atomic E-state index is 12.3. The van der Waals surface area contributed by atoms with Crippen LogP contribution < -0.4 is 10.1 Å². The second kappa shape index (κ2) is 8.15. The Labute approximate surface area is 167 Å². The summed E-state index contributed by atoms with van der Waals surface area (Å²) in [6.07, 6.45) is 3.88. The highest BCUT2D eigenvalue weighted by Crippen LogP contribution is 2.15. The van der Waals surface area contributed by atoms with E-state index >= 15 is 0 Å². The molecule has 5 nitrogen and oxygen atoms in total. The molecule has 1 N–H and O–H groups in total. The quantitative estimate of drug-likeness (QED) is 0.526. The first-order chi connectivity index (χ1) is 13.7. The van der Waals surface area contributed by atoms with E-state index in [4.69, 9.17) is 16.3 Å². The number of amides is 1. The first-order valence-corrected chi connectivity index (χ1v) is 9.23. The van der Waals surface area contributed by atoms with Crippen LogP contribution in [0.5, 0.6) is 5.75 Å². The first-order valence-electron chi connectivity index (χ1n) is 8.85. The fourth-order valence-electron chi connectivity index (χ4n) is 2.85. The molecule has 0 saturated heterocycles. The van der Waals surface area contributed by atoms with Crippen LogP contribution in [0.4, 0.5) is 0 Å². The van der Waals surface area contributed by atoms with Gasteiger partial charge in [-0.1, -0.05) is 29.8 Å². The molecule has 0 spiro atoms. The van der Waals surface area contributed by atoms with Gasteiger partial charge in [0.05, 0.1) is 5.69 Å². The maximum Gasteiger partial charge on any atom is 0.251 e. The molecule has 0 radical (unpaired) electrons. The highest BCUT2D eigenvalue weighted by Gasteiger charge is 2.07. The summed E-state index contributed by atoms with van der Waals surface area (Å²) in [5.41, 5.74) is 3.25. The fraction of sp³-hybridized carbons (Fsp3) is 0.0909. The number of carbonyl (C=O) groups excluding carboxylic acids is 1. The van der Waals surface area contributed by atoms with Crippen molar-refractivity contribution in [3.63, 3.8) is 0 Å². The molecule has 0 unspecified atom stereocenters. The Hall–Kier alpha value is -3.31. The molecule has 0 bridgehead atoms. The third-order valence-electron chi connectivity index (χ3n) is 4.26. The summed E-state index contributed by atoms with van der Waals surface area (Å²) in [5.74, 6) is 0.537. The molecular formula is C22H18ClN3O2. The summed E-state index contributed by atoms with van der Waals surface area (Å²) in [7, 11) is 0. The van der Waals surface area contributed by atoms with Crippen LogP contribution in [-0.4, -0.2) is 15.3 Å². The highest BCUT2D eigenvalue weighted by molar-refractivity contribution is 6.30. The summed E-state index contributed by atoms with van der Waals surface area (Å²) in [4.78, 5) is 16.8. The molecule has 0 saturated carbocycles. The number of ether oxygens (including phenoxy) is 1. The SMILES string of the molecule is O=C(NCc1cccc(Cl)c1)c1ccc(OCc2cn3ccccc3n2)cc1. The van der Waals surface area contributed by atoms with Crippen molar-refractivity contribution >= 4 is 23.2 Å². The molecule has 0 fully saturated rings. The van der Waals surface area contributed by atoms with E-state index in [1.165, 1.54) is 0 Å². The molecule has 4 aromatic rings. The zero-order chi connectivity index (χ0) is 19.3. The van der Waals surface area contributed by atoms with Gasteiger partial charge in [0.15, 0.2) is 0 Å². The van der Waals surface area contributed by atoms with E-state index in [-0.39, 0.29) is 5.91 Å². The number of rotatable bonds is 6. The first kappa shape index (κ1) is 18.1. The number of pyridine rings is 1. The summed E-state index contributed by atoms with van der Waals surface area (Å²) >= 11 is 5.96. The third-order valence-corrected chi connectivity index (χ3v) is 4.49. The Bertz CT molecular complexity index is 1070. The average Bonchev–Trinajstić information content (AvgIpc) is 3.14. The molecule has 0 aliphatic heterocycles. The highest BCUT2D eigenvalue weighted by atomic mass is 35.5. The lowest BCUT2D eigenvalue weighted by molar-refractivity contribution is 0.0951. The van der Waals surface area contributed by atoms with Gasteiger partial charge in [-0.2, -0.15) is 0 Å². The number of fused-ring (bicyclic) bond motifs is 1. The van der Waals surface area contributed by atoms with Crippen molar-refractivity contribution in [3.05, 3.63) is 101 Å². The molecule has 28 heavy (non-hydrogen) atoms. The molecular weight excluding hydrogens is 374 g/mol. The van der Waals surface area contributed by atoms with Crippen LogP contribution in [0.3, 0.4) is 0 Å². The average molecular weight is 392 g/mol. The number of halogens is 1. The van der Waals surface area contributed by atoms with Crippen molar-refractivity contribution in [2.75, 3.05) is 0 Å². The standard InChI is InChI=1S/C22H18ClN3O2/c23-18-5-3-4-16(12-18)13-24-22(27)17-7-9-20(10-8-17)28-15-19-14-26-11-2-1-6-21(26)25-19/h1-12,14H,13,15H2,(H,24,27).